The second kappa shape index (κ2) is 5.55. The minimum Gasteiger partial charge on any atom is -0.300 e. The van der Waals surface area contributed by atoms with E-state index in [1.54, 1.807) is 0 Å². The average Bonchev–Trinajstić information content (AvgIpc) is 2.86. The van der Waals surface area contributed by atoms with Gasteiger partial charge in [-0.15, -0.1) is 0 Å². The van der Waals surface area contributed by atoms with E-state index in [0.717, 1.165) is 29.8 Å². The molecule has 0 spiro atoms. The van der Waals surface area contributed by atoms with E-state index in [2.05, 4.69) is 39.8 Å². The van der Waals surface area contributed by atoms with Gasteiger partial charge in [0.2, 0.25) is 0 Å². The van der Waals surface area contributed by atoms with E-state index in [4.69, 9.17) is 4.99 Å². The predicted molar refractivity (Wildman–Crippen MR) is 103 cm³/mol. The molecule has 0 radical (unpaired) electrons. The number of anilines is 1. The van der Waals surface area contributed by atoms with E-state index in [1.165, 1.54) is 11.1 Å². The number of rotatable bonds is 2. The second-order valence-corrected chi connectivity index (χ2v) is 7.79. The van der Waals surface area contributed by atoms with Gasteiger partial charge >= 0.3 is 0 Å². The van der Waals surface area contributed by atoms with Crippen LogP contribution in [0.5, 0.6) is 0 Å². The number of para-hydroxylation sites is 1. The van der Waals surface area contributed by atoms with Gasteiger partial charge in [-0.2, -0.15) is 0 Å². The fraction of sp³-hybridized carbons (Fsp3) is 0.364. The summed E-state index contributed by atoms with van der Waals surface area (Å²) < 4.78 is 0. The van der Waals surface area contributed by atoms with E-state index >= 15 is 0 Å². The van der Waals surface area contributed by atoms with Gasteiger partial charge in [-0.1, -0.05) is 38.1 Å². The Bertz CT molecular complexity index is 880. The van der Waals surface area contributed by atoms with Crippen LogP contribution in [0.25, 0.3) is 0 Å². The molecule has 0 aliphatic carbocycles. The molecule has 0 saturated carbocycles. The molecule has 0 aromatic heterocycles. The van der Waals surface area contributed by atoms with Crippen molar-refractivity contribution in [1.82, 2.24) is 0 Å². The number of aryl methyl sites for hydroxylation is 1. The van der Waals surface area contributed by atoms with Crippen molar-refractivity contribution in [2.75, 3.05) is 4.90 Å². The van der Waals surface area contributed by atoms with Gasteiger partial charge in [0, 0.05) is 11.1 Å². The Labute approximate surface area is 149 Å². The number of carbonyl (C=O) groups excluding carboxylic acids is 1. The van der Waals surface area contributed by atoms with Crippen molar-refractivity contribution < 1.29 is 4.79 Å². The van der Waals surface area contributed by atoms with E-state index in [9.17, 15) is 4.79 Å². The first-order chi connectivity index (χ1) is 11.9. The molecule has 3 nitrogen and oxygen atoms in total. The Kier molecular flexibility index (Phi) is 3.57. The highest BCUT2D eigenvalue weighted by Gasteiger charge is 2.48. The topological polar surface area (TPSA) is 32.7 Å². The molecule has 0 saturated heterocycles. The largest absolute Gasteiger partial charge is 0.300 e. The molecular weight excluding hydrogens is 308 g/mol. The van der Waals surface area contributed by atoms with Gasteiger partial charge in [0.15, 0.2) is 0 Å². The minimum absolute atomic E-state index is 0.0326. The van der Waals surface area contributed by atoms with Crippen molar-refractivity contribution >= 4 is 23.0 Å². The first-order valence-electron chi connectivity index (χ1n) is 9.08. The van der Waals surface area contributed by atoms with Gasteiger partial charge in [0.05, 0.1) is 11.4 Å². The third kappa shape index (κ3) is 2.41. The predicted octanol–water partition coefficient (Wildman–Crippen LogP) is 5.00. The molecule has 0 unspecified atom stereocenters. The lowest BCUT2D eigenvalue weighted by Crippen LogP contribution is -2.50. The van der Waals surface area contributed by atoms with Crippen LogP contribution in [0.15, 0.2) is 47.5 Å². The van der Waals surface area contributed by atoms with Crippen LogP contribution in [0.2, 0.25) is 0 Å². The summed E-state index contributed by atoms with van der Waals surface area (Å²) in [5.74, 6) is 0.473. The third-order valence-corrected chi connectivity index (χ3v) is 5.43. The van der Waals surface area contributed by atoms with Crippen LogP contribution in [-0.2, 0) is 11.2 Å². The van der Waals surface area contributed by atoms with Crippen LogP contribution < -0.4 is 4.90 Å². The van der Waals surface area contributed by atoms with E-state index in [-0.39, 0.29) is 11.4 Å². The number of benzene rings is 2. The maximum absolute atomic E-state index is 13.3. The highest BCUT2D eigenvalue weighted by molar-refractivity contribution is 6.55. The summed E-state index contributed by atoms with van der Waals surface area (Å²) in [6.45, 7) is 8.75. The summed E-state index contributed by atoms with van der Waals surface area (Å²) in [4.78, 5) is 20.0. The van der Waals surface area contributed by atoms with E-state index in [1.807, 2.05) is 35.2 Å². The molecule has 2 aliphatic rings. The molecule has 128 valence electrons. The van der Waals surface area contributed by atoms with Crippen LogP contribution in [-0.4, -0.2) is 17.2 Å². The van der Waals surface area contributed by atoms with Crippen molar-refractivity contribution in [2.45, 2.75) is 52.0 Å². The Morgan fingerprint density at radius 2 is 1.92 bits per heavy atom. The summed E-state index contributed by atoms with van der Waals surface area (Å²) in [6, 6.07) is 14.2. The van der Waals surface area contributed by atoms with Crippen molar-refractivity contribution in [3.05, 3.63) is 59.2 Å². The van der Waals surface area contributed by atoms with Gasteiger partial charge in [-0.05, 0) is 61.9 Å². The van der Waals surface area contributed by atoms with Gasteiger partial charge in [-0.3, -0.25) is 4.79 Å². The molecule has 1 atom stereocenters. The molecule has 0 bridgehead atoms. The maximum Gasteiger partial charge on any atom is 0.278 e. The molecule has 2 aromatic carbocycles. The summed E-state index contributed by atoms with van der Waals surface area (Å²) in [6.07, 6.45) is 1.93. The quantitative estimate of drug-likeness (QED) is 0.761. The van der Waals surface area contributed by atoms with Crippen LogP contribution >= 0.6 is 0 Å². The van der Waals surface area contributed by atoms with Gasteiger partial charge in [-0.25, -0.2) is 4.99 Å². The van der Waals surface area contributed by atoms with Crippen molar-refractivity contribution in [2.24, 2.45) is 4.99 Å². The third-order valence-electron chi connectivity index (χ3n) is 5.43. The molecular formula is C22H24N2O. The normalized spacial score (nSPS) is 22.4. The molecule has 0 N–H and O–H groups in total. The highest BCUT2D eigenvalue weighted by atomic mass is 16.2. The number of hydrogen-bond donors (Lipinski definition) is 0. The monoisotopic (exact) mass is 332 g/mol. The molecule has 2 aliphatic heterocycles. The SMILES string of the molecule is CCc1cc2c3c(c1)[C@@H](C)CC(C)(C)N3C(=O)C2=Nc1ccccc1. The maximum atomic E-state index is 13.3. The molecule has 1 amide bonds. The van der Waals surface area contributed by atoms with Gasteiger partial charge in [0.25, 0.3) is 5.91 Å². The van der Waals surface area contributed by atoms with E-state index in [0.29, 0.717) is 11.6 Å². The van der Waals surface area contributed by atoms with Crippen LogP contribution in [0.4, 0.5) is 11.4 Å². The molecule has 2 aromatic rings. The highest BCUT2D eigenvalue weighted by Crippen LogP contribution is 2.49. The Morgan fingerprint density at radius 1 is 1.20 bits per heavy atom. The van der Waals surface area contributed by atoms with Crippen molar-refractivity contribution in [1.29, 1.82) is 0 Å². The van der Waals surface area contributed by atoms with Crippen LogP contribution in [0.3, 0.4) is 0 Å². The molecule has 0 fully saturated rings. The lowest BCUT2D eigenvalue weighted by molar-refractivity contribution is -0.113. The first kappa shape index (κ1) is 16.1. The Morgan fingerprint density at radius 3 is 2.60 bits per heavy atom. The molecule has 4 rings (SSSR count). The number of carbonyl (C=O) groups is 1. The lowest BCUT2D eigenvalue weighted by atomic mass is 9.79. The Balaban J connectivity index is 1.98. The minimum atomic E-state index is -0.195. The molecule has 3 heteroatoms. The zero-order valence-corrected chi connectivity index (χ0v) is 15.3. The second-order valence-electron chi connectivity index (χ2n) is 7.79. The van der Waals surface area contributed by atoms with Crippen LogP contribution in [0, 0.1) is 0 Å². The summed E-state index contributed by atoms with van der Waals surface area (Å²) >= 11 is 0. The number of hydrogen-bond acceptors (Lipinski definition) is 2. The van der Waals surface area contributed by atoms with Crippen molar-refractivity contribution in [3.63, 3.8) is 0 Å². The van der Waals surface area contributed by atoms with E-state index < -0.39 is 0 Å². The fourth-order valence-corrected chi connectivity index (χ4v) is 4.32. The number of nitrogens with zero attached hydrogens (tertiary/aromatic N) is 2. The zero-order chi connectivity index (χ0) is 17.8. The zero-order valence-electron chi connectivity index (χ0n) is 15.3. The summed E-state index contributed by atoms with van der Waals surface area (Å²) in [5, 5.41) is 0. The standard InChI is InChI=1S/C22H24N2O/c1-5-15-11-17-14(2)13-22(3,4)24-20(17)18(12-15)19(21(24)25)23-16-9-7-6-8-10-16/h6-12,14H,5,13H2,1-4H3/t14-/m0/s1. The number of aliphatic imine (C=N–C) groups is 1. The average molecular weight is 332 g/mol. The van der Waals surface area contributed by atoms with Gasteiger partial charge in [0.1, 0.15) is 5.71 Å². The summed E-state index contributed by atoms with van der Waals surface area (Å²) in [7, 11) is 0. The molecule has 25 heavy (non-hydrogen) atoms. The fourth-order valence-electron chi connectivity index (χ4n) is 4.32. The summed E-state index contributed by atoms with van der Waals surface area (Å²) in [5.41, 5.74) is 5.87. The van der Waals surface area contributed by atoms with Crippen LogP contribution in [0.1, 0.15) is 56.7 Å². The first-order valence-corrected chi connectivity index (χ1v) is 9.08. The number of amides is 1. The lowest BCUT2D eigenvalue weighted by Gasteiger charge is -2.43. The Hall–Kier alpha value is -2.42. The molecule has 2 heterocycles. The van der Waals surface area contributed by atoms with Gasteiger partial charge < -0.3 is 4.90 Å². The smallest absolute Gasteiger partial charge is 0.278 e. The van der Waals surface area contributed by atoms with Crippen molar-refractivity contribution in [3.8, 4) is 0 Å².